The first-order chi connectivity index (χ1) is 19.1. The molecule has 0 saturated heterocycles. The molecule has 1 aromatic heterocycles. The fourth-order valence-corrected chi connectivity index (χ4v) is 11.1. The van der Waals surface area contributed by atoms with Crippen molar-refractivity contribution in [1.82, 2.24) is 9.97 Å². The number of aromatic nitrogens is 2. The second-order valence-corrected chi connectivity index (χ2v) is 15.8. The minimum atomic E-state index is -0.353. The molecule has 0 amide bonds. The first-order valence-corrected chi connectivity index (χ1v) is 16.6. The van der Waals surface area contributed by atoms with E-state index in [1.54, 1.807) is 18.0 Å². The molecule has 0 N–H and O–H groups in total. The lowest BCUT2D eigenvalue weighted by molar-refractivity contribution is 0.264. The van der Waals surface area contributed by atoms with Crippen molar-refractivity contribution < 1.29 is 0 Å². The summed E-state index contributed by atoms with van der Waals surface area (Å²) >= 11 is 7.21. The van der Waals surface area contributed by atoms with E-state index in [4.69, 9.17) is 11.6 Å². The zero-order valence-electron chi connectivity index (χ0n) is 22.1. The molecule has 3 aromatic carbocycles. The number of hydrogen-bond acceptors (Lipinski definition) is 4. The van der Waals surface area contributed by atoms with Gasteiger partial charge in [0.1, 0.15) is 0 Å². The van der Waals surface area contributed by atoms with Gasteiger partial charge in [-0.15, -0.1) is 0 Å². The number of para-hydroxylation sites is 2. The van der Waals surface area contributed by atoms with Crippen LogP contribution in [-0.4, -0.2) is 23.0 Å². The third kappa shape index (κ3) is 4.67. The number of alkyl halides is 1. The summed E-state index contributed by atoms with van der Waals surface area (Å²) in [6, 6.07) is 25.7. The number of nitrogens with zero attached hydrogens (tertiary/aromatic N) is 4. The van der Waals surface area contributed by atoms with Gasteiger partial charge in [0, 0.05) is 27.7 Å². The molecule has 0 radical (unpaired) electrons. The summed E-state index contributed by atoms with van der Waals surface area (Å²) < 4.78 is 1.83. The van der Waals surface area contributed by atoms with Crippen molar-refractivity contribution in [2.45, 2.75) is 55.5 Å². The SMILES string of the molecule is CC1=CCC2(CC1)CCC(I=C(Cl)C1N(c3ccccc3)c3cc4nccnc4cc3N1c1ccccc1)C2. The lowest BCUT2D eigenvalue weighted by Crippen LogP contribution is -2.42. The number of fused-ring (bicyclic) bond motifs is 2. The fraction of sp³-hybridized carbons (Fsp3) is 0.303. The standard InChI is InChI=1S/C33H32ClIN4/c1-23-12-15-33(16-13-23)17-14-24(22-33)35-31(34)32-38(25-8-4-2-5-9-25)29-20-27-28(37-19-18-36-27)21-30(29)39(32)26-10-6-3-7-11-26/h2-12,18-21,24,32H,13-17,22H2,1H3. The van der Waals surface area contributed by atoms with Crippen molar-refractivity contribution in [2.24, 2.45) is 5.41 Å². The number of benzene rings is 3. The first kappa shape index (κ1) is 25.2. The molecule has 2 atom stereocenters. The Morgan fingerprint density at radius 3 is 2.00 bits per heavy atom. The van der Waals surface area contributed by atoms with Crippen molar-refractivity contribution in [2.75, 3.05) is 9.80 Å². The molecular weight excluding hydrogens is 615 g/mol. The van der Waals surface area contributed by atoms with Crippen LogP contribution in [0, 0.1) is 5.41 Å². The molecule has 0 bridgehead atoms. The summed E-state index contributed by atoms with van der Waals surface area (Å²) in [5.41, 5.74) is 8.41. The quantitative estimate of drug-likeness (QED) is 0.126. The molecule has 1 aliphatic heterocycles. The maximum atomic E-state index is 7.57. The molecule has 7 rings (SSSR count). The fourth-order valence-electron chi connectivity index (χ4n) is 6.59. The summed E-state index contributed by atoms with van der Waals surface area (Å²) in [4.78, 5) is 14.1. The number of rotatable bonds is 4. The van der Waals surface area contributed by atoms with Crippen molar-refractivity contribution in [3.63, 3.8) is 0 Å². The van der Waals surface area contributed by atoms with Crippen LogP contribution < -0.4 is 9.80 Å². The van der Waals surface area contributed by atoms with Crippen LogP contribution in [0.25, 0.3) is 11.0 Å². The van der Waals surface area contributed by atoms with E-state index in [9.17, 15) is 0 Å². The molecule has 1 fully saturated rings. The Morgan fingerprint density at radius 2 is 1.46 bits per heavy atom. The molecular formula is C33H32ClIN4. The van der Waals surface area contributed by atoms with Gasteiger partial charge in [-0.1, -0.05) is 80.4 Å². The van der Waals surface area contributed by atoms with E-state index in [2.05, 4.69) is 106 Å². The summed E-state index contributed by atoms with van der Waals surface area (Å²) in [5.74, 6) is 0. The van der Waals surface area contributed by atoms with Crippen molar-refractivity contribution in [3.05, 3.63) is 96.8 Å². The molecule has 39 heavy (non-hydrogen) atoms. The molecule has 2 aliphatic carbocycles. The first-order valence-electron chi connectivity index (χ1n) is 13.8. The van der Waals surface area contributed by atoms with E-state index in [0.717, 1.165) is 40.7 Å². The summed E-state index contributed by atoms with van der Waals surface area (Å²) in [5, 5.41) is 0. The Morgan fingerprint density at radius 1 is 0.872 bits per heavy atom. The highest BCUT2D eigenvalue weighted by Gasteiger charge is 2.43. The third-order valence-corrected chi connectivity index (χ3v) is 12.5. The number of hydrogen-bond donors (Lipinski definition) is 0. The average molecular weight is 647 g/mol. The van der Waals surface area contributed by atoms with Gasteiger partial charge in [-0.05, 0) is 87.3 Å². The van der Waals surface area contributed by atoms with Crippen LogP contribution in [0.1, 0.15) is 45.4 Å². The lowest BCUT2D eigenvalue weighted by atomic mass is 9.74. The van der Waals surface area contributed by atoms with E-state index in [-0.39, 0.29) is 26.9 Å². The molecule has 1 spiro atoms. The lowest BCUT2D eigenvalue weighted by Gasteiger charge is -2.33. The van der Waals surface area contributed by atoms with Crippen LogP contribution in [0.3, 0.4) is 0 Å². The zero-order valence-corrected chi connectivity index (χ0v) is 25.0. The maximum Gasteiger partial charge on any atom is 0.153 e. The van der Waals surface area contributed by atoms with Gasteiger partial charge in [-0.2, -0.15) is 0 Å². The normalized spacial score (nSPS) is 23.7. The number of anilines is 4. The second kappa shape index (κ2) is 10.3. The largest absolute Gasteiger partial charge is 0.313 e. The van der Waals surface area contributed by atoms with E-state index >= 15 is 0 Å². The molecule has 3 aliphatic rings. The molecule has 6 heteroatoms. The smallest absolute Gasteiger partial charge is 0.153 e. The summed E-state index contributed by atoms with van der Waals surface area (Å²) in [6.07, 6.45) is 13.8. The Bertz CT molecular complexity index is 1480. The average Bonchev–Trinajstić information content (AvgIpc) is 3.52. The molecule has 2 unspecified atom stereocenters. The van der Waals surface area contributed by atoms with Gasteiger partial charge in [0.25, 0.3) is 0 Å². The van der Waals surface area contributed by atoms with Crippen LogP contribution in [0.2, 0.25) is 0 Å². The minimum Gasteiger partial charge on any atom is -0.313 e. The monoisotopic (exact) mass is 646 g/mol. The van der Waals surface area contributed by atoms with E-state index in [1.165, 1.54) is 38.5 Å². The van der Waals surface area contributed by atoms with Crippen LogP contribution >= 0.6 is 32.3 Å². The van der Waals surface area contributed by atoms with Crippen LogP contribution in [0.15, 0.2) is 96.8 Å². The predicted molar refractivity (Wildman–Crippen MR) is 173 cm³/mol. The molecule has 4 aromatic rings. The highest BCUT2D eigenvalue weighted by Crippen LogP contribution is 2.54. The minimum absolute atomic E-state index is 0.0962. The predicted octanol–water partition coefficient (Wildman–Crippen LogP) is 9.25. The highest BCUT2D eigenvalue weighted by molar-refractivity contribution is 14.2. The van der Waals surface area contributed by atoms with Crippen LogP contribution in [-0.2, 0) is 0 Å². The van der Waals surface area contributed by atoms with E-state index in [0.29, 0.717) is 5.41 Å². The zero-order chi connectivity index (χ0) is 26.4. The van der Waals surface area contributed by atoms with Gasteiger partial charge < -0.3 is 9.80 Å². The summed E-state index contributed by atoms with van der Waals surface area (Å²) in [7, 11) is 0. The van der Waals surface area contributed by atoms with Crippen LogP contribution in [0.4, 0.5) is 22.7 Å². The van der Waals surface area contributed by atoms with Gasteiger partial charge in [0.2, 0.25) is 0 Å². The van der Waals surface area contributed by atoms with Crippen molar-refractivity contribution in [3.8, 4) is 0 Å². The Kier molecular flexibility index (Phi) is 6.68. The van der Waals surface area contributed by atoms with Gasteiger partial charge in [0.05, 0.1) is 25.4 Å². The Hall–Kier alpha value is -2.77. The summed E-state index contributed by atoms with van der Waals surface area (Å²) in [6.45, 7) is 2.29. The van der Waals surface area contributed by atoms with Gasteiger partial charge in [0.15, 0.2) is 6.17 Å². The molecule has 4 nitrogen and oxygen atoms in total. The van der Waals surface area contributed by atoms with Crippen molar-refractivity contribution in [1.29, 1.82) is 0 Å². The highest BCUT2D eigenvalue weighted by atomic mass is 127. The van der Waals surface area contributed by atoms with Gasteiger partial charge >= 0.3 is 0 Å². The van der Waals surface area contributed by atoms with Gasteiger partial charge in [-0.3, -0.25) is 9.97 Å². The second-order valence-electron chi connectivity index (χ2n) is 11.2. The van der Waals surface area contributed by atoms with E-state index < -0.39 is 0 Å². The Balaban J connectivity index is 1.35. The Labute approximate surface area is 245 Å². The molecule has 1 saturated carbocycles. The van der Waals surface area contributed by atoms with Gasteiger partial charge in [-0.25, -0.2) is 0 Å². The topological polar surface area (TPSA) is 32.3 Å². The van der Waals surface area contributed by atoms with E-state index in [1.807, 2.05) is 0 Å². The third-order valence-electron chi connectivity index (χ3n) is 8.67. The number of allylic oxidation sites excluding steroid dienone is 2. The maximum absolute atomic E-state index is 7.57. The van der Waals surface area contributed by atoms with Crippen molar-refractivity contribution >= 4 is 69.1 Å². The van der Waals surface area contributed by atoms with Crippen LogP contribution in [0.5, 0.6) is 0 Å². The molecule has 198 valence electrons. The number of halogens is 2. The molecule has 2 heterocycles.